The van der Waals surface area contributed by atoms with Gasteiger partial charge in [0.2, 0.25) is 0 Å². The molecule has 0 N–H and O–H groups in total. The van der Waals surface area contributed by atoms with Crippen molar-refractivity contribution in [2.24, 2.45) is 0 Å². The summed E-state index contributed by atoms with van der Waals surface area (Å²) in [5.74, 6) is -6.30. The average molecular weight is 667 g/mol. The standard InChI is InChI=1S/C38H34O11/c1-37(2)47-31-30(23-44-33(39)26-16-8-4-9-17-26)46-38(32(31)48-37,24-45-34(40)27-18-10-5-11-19-27)49-36(42)29-21-13-12-20-28(29)35(41)43-22-25-14-6-3-7-15-25/h3-21,30-32H,22-24H2,1-2H3/t30-,31-,32-,38+/m1/s1. The van der Waals surface area contributed by atoms with E-state index in [-0.39, 0.29) is 29.9 Å². The summed E-state index contributed by atoms with van der Waals surface area (Å²) in [6.07, 6.45) is -3.05. The summed E-state index contributed by atoms with van der Waals surface area (Å²) >= 11 is 0. The smallest absolute Gasteiger partial charge is 0.341 e. The van der Waals surface area contributed by atoms with Gasteiger partial charge in [0.05, 0.1) is 22.3 Å². The van der Waals surface area contributed by atoms with Crippen LogP contribution in [0.3, 0.4) is 0 Å². The Labute approximate surface area is 282 Å². The molecule has 4 aromatic carbocycles. The summed E-state index contributed by atoms with van der Waals surface area (Å²) in [7, 11) is 0. The molecule has 0 unspecified atom stereocenters. The first-order chi connectivity index (χ1) is 23.6. The van der Waals surface area contributed by atoms with Gasteiger partial charge in [0, 0.05) is 0 Å². The average Bonchev–Trinajstić information content (AvgIpc) is 3.60. The quantitative estimate of drug-likeness (QED) is 0.148. The van der Waals surface area contributed by atoms with Crippen LogP contribution in [0.4, 0.5) is 0 Å². The highest BCUT2D eigenvalue weighted by Gasteiger charge is 2.66. The largest absolute Gasteiger partial charge is 0.459 e. The molecule has 252 valence electrons. The van der Waals surface area contributed by atoms with Crippen molar-refractivity contribution in [1.82, 2.24) is 0 Å². The third-order valence-corrected chi connectivity index (χ3v) is 7.93. The molecule has 0 bridgehead atoms. The van der Waals surface area contributed by atoms with E-state index in [4.69, 9.17) is 33.2 Å². The number of carbonyl (C=O) groups excluding carboxylic acids is 4. The molecule has 4 aromatic rings. The van der Waals surface area contributed by atoms with E-state index < -0.39 is 60.4 Å². The Hall–Kier alpha value is -5.36. The maximum Gasteiger partial charge on any atom is 0.341 e. The Morgan fingerprint density at radius 2 is 1.12 bits per heavy atom. The van der Waals surface area contributed by atoms with Gasteiger partial charge in [-0.3, -0.25) is 0 Å². The van der Waals surface area contributed by atoms with Crippen LogP contribution in [0.1, 0.15) is 60.8 Å². The molecule has 0 spiro atoms. The molecule has 0 amide bonds. The van der Waals surface area contributed by atoms with Crippen LogP contribution in [0.25, 0.3) is 0 Å². The van der Waals surface area contributed by atoms with Crippen LogP contribution in [-0.4, -0.2) is 67.0 Å². The molecule has 6 rings (SSSR count). The number of carbonyl (C=O) groups is 4. The summed E-state index contributed by atoms with van der Waals surface area (Å²) in [5, 5.41) is 0. The van der Waals surface area contributed by atoms with E-state index >= 15 is 0 Å². The van der Waals surface area contributed by atoms with Crippen LogP contribution in [0.2, 0.25) is 0 Å². The molecule has 0 aromatic heterocycles. The van der Waals surface area contributed by atoms with E-state index in [0.717, 1.165) is 5.56 Å². The van der Waals surface area contributed by atoms with Gasteiger partial charge in [-0.1, -0.05) is 78.9 Å². The molecule has 4 atom stereocenters. The lowest BCUT2D eigenvalue weighted by atomic mass is 10.0. The Morgan fingerprint density at radius 3 is 1.73 bits per heavy atom. The highest BCUT2D eigenvalue weighted by molar-refractivity contribution is 6.03. The first-order valence-corrected chi connectivity index (χ1v) is 15.7. The predicted molar refractivity (Wildman–Crippen MR) is 172 cm³/mol. The maximum atomic E-state index is 14.0. The summed E-state index contributed by atoms with van der Waals surface area (Å²) in [5.41, 5.74) is 1.17. The van der Waals surface area contributed by atoms with Crippen LogP contribution < -0.4 is 0 Å². The van der Waals surface area contributed by atoms with Gasteiger partial charge in [-0.15, -0.1) is 0 Å². The minimum atomic E-state index is -2.08. The maximum absolute atomic E-state index is 14.0. The Kier molecular flexibility index (Phi) is 9.86. The molecule has 11 heteroatoms. The van der Waals surface area contributed by atoms with Gasteiger partial charge in [-0.05, 0) is 55.8 Å². The second-order valence-electron chi connectivity index (χ2n) is 11.9. The van der Waals surface area contributed by atoms with E-state index in [2.05, 4.69) is 0 Å². The summed E-state index contributed by atoms with van der Waals surface area (Å²) < 4.78 is 41.5. The van der Waals surface area contributed by atoms with Crippen molar-refractivity contribution in [1.29, 1.82) is 0 Å². The fourth-order valence-electron chi connectivity index (χ4n) is 5.64. The zero-order valence-electron chi connectivity index (χ0n) is 26.8. The molecular weight excluding hydrogens is 632 g/mol. The number of esters is 4. The zero-order valence-corrected chi connectivity index (χ0v) is 26.8. The van der Waals surface area contributed by atoms with Crippen LogP contribution in [-0.2, 0) is 39.8 Å². The van der Waals surface area contributed by atoms with Crippen molar-refractivity contribution in [2.75, 3.05) is 13.2 Å². The minimum Gasteiger partial charge on any atom is -0.459 e. The van der Waals surface area contributed by atoms with Crippen molar-refractivity contribution < 1.29 is 52.3 Å². The van der Waals surface area contributed by atoms with Crippen LogP contribution in [0.5, 0.6) is 0 Å². The fourth-order valence-corrected chi connectivity index (χ4v) is 5.64. The summed E-state index contributed by atoms with van der Waals surface area (Å²) in [6, 6.07) is 31.7. The number of benzene rings is 4. The molecule has 2 heterocycles. The van der Waals surface area contributed by atoms with E-state index in [1.165, 1.54) is 12.1 Å². The lowest BCUT2D eigenvalue weighted by Gasteiger charge is -2.33. The van der Waals surface area contributed by atoms with Crippen LogP contribution in [0.15, 0.2) is 115 Å². The highest BCUT2D eigenvalue weighted by Crippen LogP contribution is 2.45. The molecule has 2 fully saturated rings. The molecule has 0 saturated carbocycles. The van der Waals surface area contributed by atoms with Gasteiger partial charge < -0.3 is 33.2 Å². The van der Waals surface area contributed by atoms with Gasteiger partial charge in [-0.2, -0.15) is 0 Å². The Balaban J connectivity index is 1.28. The molecule has 2 aliphatic rings. The molecular formula is C38H34O11. The second kappa shape index (κ2) is 14.4. The lowest BCUT2D eigenvalue weighted by Crippen LogP contribution is -2.51. The van der Waals surface area contributed by atoms with Gasteiger partial charge in [0.15, 0.2) is 18.5 Å². The van der Waals surface area contributed by atoms with Crippen molar-refractivity contribution >= 4 is 23.9 Å². The van der Waals surface area contributed by atoms with E-state index in [0.29, 0.717) is 5.56 Å². The first-order valence-electron chi connectivity index (χ1n) is 15.7. The molecule has 0 radical (unpaired) electrons. The van der Waals surface area contributed by atoms with Crippen LogP contribution in [0, 0.1) is 0 Å². The molecule has 0 aliphatic carbocycles. The van der Waals surface area contributed by atoms with E-state index in [9.17, 15) is 19.2 Å². The van der Waals surface area contributed by atoms with Crippen LogP contribution >= 0.6 is 0 Å². The van der Waals surface area contributed by atoms with Crippen molar-refractivity contribution in [3.8, 4) is 0 Å². The molecule has 2 aliphatic heterocycles. The van der Waals surface area contributed by atoms with E-state index in [1.54, 1.807) is 98.8 Å². The monoisotopic (exact) mass is 666 g/mol. The summed E-state index contributed by atoms with van der Waals surface area (Å²) in [4.78, 5) is 53.1. The first kappa shape index (κ1) is 33.5. The molecule has 49 heavy (non-hydrogen) atoms. The Morgan fingerprint density at radius 1 is 0.592 bits per heavy atom. The SMILES string of the molecule is CC1(C)O[C@H]2[C@@H](O1)[C@](COC(=O)c1ccccc1)(OC(=O)c1ccccc1C(=O)OCc1ccccc1)O[C@@H]2COC(=O)c1ccccc1. The Bertz CT molecular complexity index is 1790. The van der Waals surface area contributed by atoms with Gasteiger partial charge in [-0.25, -0.2) is 19.2 Å². The van der Waals surface area contributed by atoms with Gasteiger partial charge in [0.1, 0.15) is 25.4 Å². The lowest BCUT2D eigenvalue weighted by molar-refractivity contribution is -0.284. The number of fused-ring (bicyclic) bond motifs is 1. The van der Waals surface area contributed by atoms with Crippen molar-refractivity contribution in [3.05, 3.63) is 143 Å². The third kappa shape index (κ3) is 7.70. The topological polar surface area (TPSA) is 133 Å². The number of ether oxygens (including phenoxy) is 7. The zero-order chi connectivity index (χ0) is 34.4. The van der Waals surface area contributed by atoms with Gasteiger partial charge >= 0.3 is 23.9 Å². The van der Waals surface area contributed by atoms with Gasteiger partial charge in [0.25, 0.3) is 5.79 Å². The second-order valence-corrected chi connectivity index (χ2v) is 11.9. The van der Waals surface area contributed by atoms with E-state index in [1.807, 2.05) is 18.2 Å². The van der Waals surface area contributed by atoms with Crippen molar-refractivity contribution in [2.45, 2.75) is 50.3 Å². The molecule has 11 nitrogen and oxygen atoms in total. The summed E-state index contributed by atoms with van der Waals surface area (Å²) in [6.45, 7) is 2.40. The number of hydrogen-bond donors (Lipinski definition) is 0. The number of rotatable bonds is 11. The molecule has 2 saturated heterocycles. The minimum absolute atomic E-state index is 0.0149. The highest BCUT2D eigenvalue weighted by atomic mass is 16.8. The predicted octanol–water partition coefficient (Wildman–Crippen LogP) is 5.53. The normalized spacial score (nSPS) is 22.0. The number of hydrogen-bond acceptors (Lipinski definition) is 11. The fraction of sp³-hybridized carbons (Fsp3) is 0.263. The van der Waals surface area contributed by atoms with Crippen molar-refractivity contribution in [3.63, 3.8) is 0 Å². The third-order valence-electron chi connectivity index (χ3n) is 7.93.